The predicted molar refractivity (Wildman–Crippen MR) is 92.8 cm³/mol. The van der Waals surface area contributed by atoms with Crippen molar-refractivity contribution >= 4 is 23.3 Å². The molecule has 6 nitrogen and oxygen atoms in total. The van der Waals surface area contributed by atoms with E-state index in [9.17, 15) is 14.4 Å². The molecule has 0 saturated heterocycles. The lowest BCUT2D eigenvalue weighted by Gasteiger charge is -2.22. The van der Waals surface area contributed by atoms with Gasteiger partial charge in [-0.2, -0.15) is 0 Å². The number of fused-ring (bicyclic) bond motifs is 1. The average Bonchev–Trinajstić information content (AvgIpc) is 3.11. The standard InChI is InChI=1S/C19H20N2O4/c1-12-8-14-6-4-5-7-16(14)21(12)18(23)11-25-19(24)17-9-15(13(2)22)10-20(17)3/h4-7,9-10,12H,8,11H2,1-3H3/t12-/m0/s1. The van der Waals surface area contributed by atoms with E-state index in [4.69, 9.17) is 4.74 Å². The molecule has 0 fully saturated rings. The Labute approximate surface area is 146 Å². The highest BCUT2D eigenvalue weighted by Crippen LogP contribution is 2.31. The summed E-state index contributed by atoms with van der Waals surface area (Å²) < 4.78 is 6.70. The summed E-state index contributed by atoms with van der Waals surface area (Å²) in [6.07, 6.45) is 2.36. The number of aryl methyl sites for hydroxylation is 1. The number of para-hydroxylation sites is 1. The molecule has 1 aromatic carbocycles. The lowest BCUT2D eigenvalue weighted by molar-refractivity contribution is -0.122. The van der Waals surface area contributed by atoms with E-state index in [1.54, 1.807) is 18.1 Å². The van der Waals surface area contributed by atoms with Crippen molar-refractivity contribution in [2.75, 3.05) is 11.5 Å². The Balaban J connectivity index is 1.69. The maximum Gasteiger partial charge on any atom is 0.355 e. The Kier molecular flexibility index (Phi) is 4.44. The Morgan fingerprint density at radius 2 is 1.96 bits per heavy atom. The highest BCUT2D eigenvalue weighted by Gasteiger charge is 2.31. The summed E-state index contributed by atoms with van der Waals surface area (Å²) in [5.74, 6) is -1.01. The summed E-state index contributed by atoms with van der Waals surface area (Å²) in [4.78, 5) is 37.8. The van der Waals surface area contributed by atoms with E-state index in [1.165, 1.54) is 17.6 Å². The van der Waals surface area contributed by atoms with Crippen molar-refractivity contribution in [2.45, 2.75) is 26.3 Å². The number of aromatic nitrogens is 1. The van der Waals surface area contributed by atoms with E-state index in [2.05, 4.69) is 0 Å². The van der Waals surface area contributed by atoms with Gasteiger partial charge in [-0.25, -0.2) is 4.79 Å². The number of Topliss-reactive ketones (excluding diaryl/α,β-unsaturated/α-hetero) is 1. The molecular weight excluding hydrogens is 320 g/mol. The zero-order valence-corrected chi connectivity index (χ0v) is 14.5. The Morgan fingerprint density at radius 3 is 2.64 bits per heavy atom. The fourth-order valence-corrected chi connectivity index (χ4v) is 3.18. The van der Waals surface area contributed by atoms with Gasteiger partial charge in [-0.05, 0) is 38.0 Å². The zero-order valence-electron chi connectivity index (χ0n) is 14.5. The largest absolute Gasteiger partial charge is 0.451 e. The van der Waals surface area contributed by atoms with Crippen LogP contribution in [0.3, 0.4) is 0 Å². The first-order chi connectivity index (χ1) is 11.9. The third kappa shape index (κ3) is 3.20. The topological polar surface area (TPSA) is 68.6 Å². The molecule has 1 aliphatic rings. The van der Waals surface area contributed by atoms with Gasteiger partial charge in [0.05, 0.1) is 0 Å². The van der Waals surface area contributed by atoms with Crippen LogP contribution in [0.4, 0.5) is 5.69 Å². The van der Waals surface area contributed by atoms with Crippen molar-refractivity contribution < 1.29 is 19.1 Å². The molecule has 0 aliphatic carbocycles. The second-order valence-electron chi connectivity index (χ2n) is 6.30. The minimum absolute atomic E-state index is 0.0305. The van der Waals surface area contributed by atoms with Crippen molar-refractivity contribution in [1.29, 1.82) is 0 Å². The number of ketones is 1. The molecule has 0 N–H and O–H groups in total. The lowest BCUT2D eigenvalue weighted by Crippen LogP contribution is -2.38. The quantitative estimate of drug-likeness (QED) is 0.633. The highest BCUT2D eigenvalue weighted by atomic mass is 16.5. The molecule has 1 aromatic heterocycles. The van der Waals surface area contributed by atoms with Gasteiger partial charge in [-0.1, -0.05) is 18.2 Å². The molecule has 0 unspecified atom stereocenters. The van der Waals surface area contributed by atoms with E-state index >= 15 is 0 Å². The van der Waals surface area contributed by atoms with Crippen molar-refractivity contribution in [3.63, 3.8) is 0 Å². The van der Waals surface area contributed by atoms with Crippen LogP contribution in [0.25, 0.3) is 0 Å². The molecule has 1 amide bonds. The maximum atomic E-state index is 12.5. The molecule has 0 spiro atoms. The molecule has 2 aromatic rings. The normalized spacial score (nSPS) is 15.8. The lowest BCUT2D eigenvalue weighted by atomic mass is 10.1. The van der Waals surface area contributed by atoms with Crippen molar-refractivity contribution in [3.8, 4) is 0 Å². The van der Waals surface area contributed by atoms with Gasteiger partial charge in [-0.3, -0.25) is 9.59 Å². The van der Waals surface area contributed by atoms with Crippen LogP contribution in [-0.4, -0.2) is 34.9 Å². The van der Waals surface area contributed by atoms with Crippen LogP contribution in [0.15, 0.2) is 36.5 Å². The molecule has 0 bridgehead atoms. The first-order valence-corrected chi connectivity index (χ1v) is 8.13. The second kappa shape index (κ2) is 6.55. The number of nitrogens with zero attached hydrogens (tertiary/aromatic N) is 2. The van der Waals surface area contributed by atoms with E-state index in [0.29, 0.717) is 5.56 Å². The molecule has 6 heteroatoms. The highest BCUT2D eigenvalue weighted by molar-refractivity contribution is 6.00. The van der Waals surface area contributed by atoms with Crippen molar-refractivity contribution in [3.05, 3.63) is 53.3 Å². The number of ether oxygens (including phenoxy) is 1. The fourth-order valence-electron chi connectivity index (χ4n) is 3.18. The second-order valence-corrected chi connectivity index (χ2v) is 6.30. The van der Waals surface area contributed by atoms with E-state index in [1.807, 2.05) is 31.2 Å². The number of benzene rings is 1. The van der Waals surface area contributed by atoms with E-state index in [0.717, 1.165) is 17.7 Å². The van der Waals surface area contributed by atoms with Gasteiger partial charge < -0.3 is 14.2 Å². The zero-order chi connectivity index (χ0) is 18.1. The number of hydrogen-bond acceptors (Lipinski definition) is 4. The number of carbonyl (C=O) groups excluding carboxylic acids is 3. The van der Waals surface area contributed by atoms with Crippen LogP contribution in [0.2, 0.25) is 0 Å². The van der Waals surface area contributed by atoms with Crippen molar-refractivity contribution in [2.24, 2.45) is 7.05 Å². The summed E-state index contributed by atoms with van der Waals surface area (Å²) in [7, 11) is 1.66. The summed E-state index contributed by atoms with van der Waals surface area (Å²) in [5, 5.41) is 0. The van der Waals surface area contributed by atoms with Gasteiger partial charge in [0.1, 0.15) is 5.69 Å². The number of rotatable bonds is 4. The first kappa shape index (κ1) is 17.0. The van der Waals surface area contributed by atoms with Gasteiger partial charge in [0.2, 0.25) is 0 Å². The monoisotopic (exact) mass is 340 g/mol. The van der Waals surface area contributed by atoms with Crippen LogP contribution in [0.5, 0.6) is 0 Å². The number of hydrogen-bond donors (Lipinski definition) is 0. The Bertz CT molecular complexity index is 853. The van der Waals surface area contributed by atoms with Crippen LogP contribution in [-0.2, 0) is 23.0 Å². The van der Waals surface area contributed by atoms with Gasteiger partial charge >= 0.3 is 5.97 Å². The molecule has 1 atom stereocenters. The molecule has 3 rings (SSSR count). The predicted octanol–water partition coefficient (Wildman–Crippen LogP) is 2.36. The van der Waals surface area contributed by atoms with E-state index in [-0.39, 0.29) is 30.0 Å². The molecule has 1 aliphatic heterocycles. The minimum atomic E-state index is -0.622. The van der Waals surface area contributed by atoms with Gasteiger partial charge in [0.15, 0.2) is 12.4 Å². The van der Waals surface area contributed by atoms with Crippen LogP contribution in [0, 0.1) is 0 Å². The SMILES string of the molecule is CC(=O)c1cc(C(=O)OCC(=O)N2c3ccccc3C[C@@H]2C)n(C)c1. The maximum absolute atomic E-state index is 12.5. The molecule has 0 saturated carbocycles. The smallest absolute Gasteiger partial charge is 0.355 e. The van der Waals surface area contributed by atoms with Crippen LogP contribution < -0.4 is 4.90 Å². The third-order valence-corrected chi connectivity index (χ3v) is 4.42. The molecule has 25 heavy (non-hydrogen) atoms. The number of amides is 1. The molecule has 0 radical (unpaired) electrons. The van der Waals surface area contributed by atoms with Gasteiger partial charge in [0.25, 0.3) is 5.91 Å². The van der Waals surface area contributed by atoms with Gasteiger partial charge in [-0.15, -0.1) is 0 Å². The average molecular weight is 340 g/mol. The molecule has 130 valence electrons. The van der Waals surface area contributed by atoms with Crippen molar-refractivity contribution in [1.82, 2.24) is 4.57 Å². The fraction of sp³-hybridized carbons (Fsp3) is 0.316. The third-order valence-electron chi connectivity index (χ3n) is 4.42. The Hall–Kier alpha value is -2.89. The summed E-state index contributed by atoms with van der Waals surface area (Å²) in [6, 6.07) is 9.23. The number of anilines is 1. The summed E-state index contributed by atoms with van der Waals surface area (Å²) >= 11 is 0. The van der Waals surface area contributed by atoms with Crippen LogP contribution in [0.1, 0.15) is 40.3 Å². The van der Waals surface area contributed by atoms with E-state index < -0.39 is 5.97 Å². The summed E-state index contributed by atoms with van der Waals surface area (Å²) in [6.45, 7) is 3.06. The summed E-state index contributed by atoms with van der Waals surface area (Å²) in [5.41, 5.74) is 2.66. The van der Waals surface area contributed by atoms with Gasteiger partial charge in [0, 0.05) is 30.5 Å². The molecular formula is C19H20N2O4. The molecule has 2 heterocycles. The van der Waals surface area contributed by atoms with Crippen LogP contribution >= 0.6 is 0 Å². The minimum Gasteiger partial charge on any atom is -0.451 e. The first-order valence-electron chi connectivity index (χ1n) is 8.13. The number of carbonyl (C=O) groups is 3. The Morgan fingerprint density at radius 1 is 1.24 bits per heavy atom. The number of esters is 1.